The lowest BCUT2D eigenvalue weighted by molar-refractivity contribution is 0.0951. The van der Waals surface area contributed by atoms with E-state index in [9.17, 15) is 9.18 Å². The molecule has 2 heterocycles. The van der Waals surface area contributed by atoms with Gasteiger partial charge >= 0.3 is 0 Å². The van der Waals surface area contributed by atoms with Gasteiger partial charge < -0.3 is 9.88 Å². The summed E-state index contributed by atoms with van der Waals surface area (Å²) in [6, 6.07) is 26.3. The number of imidazole rings is 1. The van der Waals surface area contributed by atoms with Crippen LogP contribution in [0.25, 0.3) is 11.0 Å². The lowest BCUT2D eigenvalue weighted by atomic mass is 10.0. The number of benzene rings is 3. The number of halogens is 1. The van der Waals surface area contributed by atoms with Crippen LogP contribution in [-0.2, 0) is 12.3 Å². The molecule has 2 aromatic heterocycles. The summed E-state index contributed by atoms with van der Waals surface area (Å²) in [6.07, 6.45) is 3.54. The van der Waals surface area contributed by atoms with Crippen LogP contribution in [0.15, 0.2) is 102 Å². The van der Waals surface area contributed by atoms with Crippen molar-refractivity contribution in [1.82, 2.24) is 19.9 Å². The van der Waals surface area contributed by atoms with Crippen LogP contribution in [0.5, 0.6) is 0 Å². The van der Waals surface area contributed by atoms with Crippen molar-refractivity contribution in [3.8, 4) is 0 Å². The van der Waals surface area contributed by atoms with Crippen molar-refractivity contribution in [2.45, 2.75) is 30.3 Å². The fraction of sp³-hybridized carbons (Fsp3) is 0.167. The zero-order valence-corrected chi connectivity index (χ0v) is 21.3. The summed E-state index contributed by atoms with van der Waals surface area (Å²) in [5, 5.41) is 3.90. The van der Waals surface area contributed by atoms with E-state index in [-0.39, 0.29) is 17.6 Å². The molecule has 186 valence electrons. The topological polar surface area (TPSA) is 59.8 Å². The minimum Gasteiger partial charge on any atom is -0.351 e. The molecule has 3 aromatic carbocycles. The first-order chi connectivity index (χ1) is 18.1. The van der Waals surface area contributed by atoms with Gasteiger partial charge in [-0.2, -0.15) is 0 Å². The molecule has 7 heteroatoms. The highest BCUT2D eigenvalue weighted by Gasteiger charge is 2.13. The third kappa shape index (κ3) is 6.06. The average Bonchev–Trinajstić information content (AvgIpc) is 3.29. The Balaban J connectivity index is 1.23. The standard InChI is InChI=1S/C30H27FN4OS/c1-21(24-5-3-2-4-6-24)17-33-29(36)25-11-7-23(8-12-25)20-37-30-34-27-15-16-32-18-28(27)35(30)19-22-9-13-26(31)14-10-22/h2-16,18,21H,17,19-20H2,1H3,(H,33,36)/t21-/m1/s1. The van der Waals surface area contributed by atoms with Crippen molar-refractivity contribution in [1.29, 1.82) is 0 Å². The number of carbonyl (C=O) groups is 1. The molecule has 0 bridgehead atoms. The summed E-state index contributed by atoms with van der Waals surface area (Å²) in [4.78, 5) is 21.7. The third-order valence-electron chi connectivity index (χ3n) is 6.29. The Bertz CT molecular complexity index is 1480. The number of rotatable bonds is 9. The molecule has 0 saturated carbocycles. The molecule has 37 heavy (non-hydrogen) atoms. The predicted octanol–water partition coefficient (Wildman–Crippen LogP) is 6.44. The molecule has 0 saturated heterocycles. The van der Waals surface area contributed by atoms with Crippen LogP contribution in [-0.4, -0.2) is 27.0 Å². The number of thioether (sulfide) groups is 1. The average molecular weight is 511 g/mol. The van der Waals surface area contributed by atoms with Crippen LogP contribution in [0.1, 0.15) is 39.9 Å². The maximum Gasteiger partial charge on any atom is 0.251 e. The van der Waals surface area contributed by atoms with Crippen molar-refractivity contribution in [2.24, 2.45) is 0 Å². The number of fused-ring (bicyclic) bond motifs is 1. The highest BCUT2D eigenvalue weighted by Crippen LogP contribution is 2.27. The molecule has 0 spiro atoms. The number of carbonyl (C=O) groups excluding carboxylic acids is 1. The first kappa shape index (κ1) is 24.7. The van der Waals surface area contributed by atoms with E-state index < -0.39 is 0 Å². The second-order valence-corrected chi connectivity index (χ2v) is 9.92. The van der Waals surface area contributed by atoms with Gasteiger partial charge in [-0.3, -0.25) is 9.78 Å². The van der Waals surface area contributed by atoms with Crippen LogP contribution in [0, 0.1) is 5.82 Å². The quantitative estimate of drug-likeness (QED) is 0.232. The van der Waals surface area contributed by atoms with E-state index in [0.29, 0.717) is 24.4 Å². The molecule has 1 N–H and O–H groups in total. The molecule has 5 rings (SSSR count). The first-order valence-corrected chi connectivity index (χ1v) is 13.1. The minimum atomic E-state index is -0.252. The van der Waals surface area contributed by atoms with Crippen LogP contribution in [0.3, 0.4) is 0 Å². The Kier molecular flexibility index (Phi) is 7.61. The van der Waals surface area contributed by atoms with Gasteiger partial charge in [-0.05, 0) is 52.9 Å². The summed E-state index contributed by atoms with van der Waals surface area (Å²) in [6.45, 7) is 3.26. The molecule has 1 atom stereocenters. The zero-order valence-electron chi connectivity index (χ0n) is 20.5. The van der Waals surface area contributed by atoms with Gasteiger partial charge in [0.25, 0.3) is 5.91 Å². The normalized spacial score (nSPS) is 11.9. The Morgan fingerprint density at radius 2 is 1.70 bits per heavy atom. The van der Waals surface area contributed by atoms with E-state index in [1.807, 2.05) is 54.7 Å². The molecule has 0 aliphatic rings. The number of pyridine rings is 1. The van der Waals surface area contributed by atoms with Crippen molar-refractivity contribution >= 4 is 28.7 Å². The summed E-state index contributed by atoms with van der Waals surface area (Å²) >= 11 is 1.62. The predicted molar refractivity (Wildman–Crippen MR) is 146 cm³/mol. The Hall–Kier alpha value is -3.97. The van der Waals surface area contributed by atoms with Crippen molar-refractivity contribution < 1.29 is 9.18 Å². The third-order valence-corrected chi connectivity index (χ3v) is 7.34. The number of amides is 1. The van der Waals surface area contributed by atoms with E-state index >= 15 is 0 Å². The van der Waals surface area contributed by atoms with Crippen LogP contribution in [0.2, 0.25) is 0 Å². The van der Waals surface area contributed by atoms with Gasteiger partial charge in [-0.25, -0.2) is 9.37 Å². The number of nitrogens with zero attached hydrogens (tertiary/aromatic N) is 3. The molecular weight excluding hydrogens is 483 g/mol. The number of hydrogen-bond donors (Lipinski definition) is 1. The Morgan fingerprint density at radius 1 is 0.973 bits per heavy atom. The van der Waals surface area contributed by atoms with E-state index in [2.05, 4.69) is 33.9 Å². The molecule has 5 nitrogen and oxygen atoms in total. The van der Waals surface area contributed by atoms with Gasteiger partial charge in [-0.1, -0.05) is 73.3 Å². The Morgan fingerprint density at radius 3 is 2.46 bits per heavy atom. The maximum atomic E-state index is 13.4. The fourth-order valence-corrected chi connectivity index (χ4v) is 5.10. The van der Waals surface area contributed by atoms with Crippen LogP contribution >= 0.6 is 11.8 Å². The second kappa shape index (κ2) is 11.4. The van der Waals surface area contributed by atoms with E-state index in [4.69, 9.17) is 4.98 Å². The van der Waals surface area contributed by atoms with E-state index in [1.165, 1.54) is 17.7 Å². The first-order valence-electron chi connectivity index (χ1n) is 12.2. The summed E-state index contributed by atoms with van der Waals surface area (Å²) in [7, 11) is 0. The van der Waals surface area contributed by atoms with Crippen molar-refractivity contribution in [2.75, 3.05) is 6.54 Å². The highest BCUT2D eigenvalue weighted by atomic mass is 32.2. The van der Waals surface area contributed by atoms with E-state index in [0.717, 1.165) is 27.3 Å². The molecule has 1 amide bonds. The Labute approximate surface area is 219 Å². The van der Waals surface area contributed by atoms with Gasteiger partial charge in [0.1, 0.15) is 5.82 Å². The fourth-order valence-electron chi connectivity index (χ4n) is 4.13. The summed E-state index contributed by atoms with van der Waals surface area (Å²) in [5.41, 5.74) is 5.74. The van der Waals surface area contributed by atoms with Crippen molar-refractivity contribution in [3.63, 3.8) is 0 Å². The lowest BCUT2D eigenvalue weighted by Crippen LogP contribution is -2.27. The summed E-state index contributed by atoms with van der Waals surface area (Å²) in [5.74, 6) is 0.617. The van der Waals surface area contributed by atoms with Gasteiger partial charge in [0, 0.05) is 24.1 Å². The number of hydrogen-bond acceptors (Lipinski definition) is 4. The number of nitrogens with one attached hydrogen (secondary N) is 1. The maximum absolute atomic E-state index is 13.4. The summed E-state index contributed by atoms with van der Waals surface area (Å²) < 4.78 is 15.5. The molecule has 0 aliphatic carbocycles. The SMILES string of the molecule is C[C@H](CNC(=O)c1ccc(CSc2nc3ccncc3n2Cc2ccc(F)cc2)cc1)c1ccccc1. The molecule has 0 radical (unpaired) electrons. The number of aromatic nitrogens is 3. The smallest absolute Gasteiger partial charge is 0.251 e. The molecule has 0 aliphatic heterocycles. The largest absolute Gasteiger partial charge is 0.351 e. The highest BCUT2D eigenvalue weighted by molar-refractivity contribution is 7.98. The zero-order chi connectivity index (χ0) is 25.6. The van der Waals surface area contributed by atoms with Gasteiger partial charge in [0.2, 0.25) is 0 Å². The molecular formula is C30H27FN4OS. The minimum absolute atomic E-state index is 0.0735. The van der Waals surface area contributed by atoms with Crippen molar-refractivity contribution in [3.05, 3.63) is 125 Å². The monoisotopic (exact) mass is 510 g/mol. The van der Waals surface area contributed by atoms with Gasteiger partial charge in [-0.15, -0.1) is 0 Å². The van der Waals surface area contributed by atoms with E-state index in [1.54, 1.807) is 30.1 Å². The van der Waals surface area contributed by atoms with Gasteiger partial charge in [0.05, 0.1) is 23.8 Å². The molecule has 5 aromatic rings. The van der Waals surface area contributed by atoms with Crippen LogP contribution < -0.4 is 5.32 Å². The second-order valence-electron chi connectivity index (χ2n) is 8.98. The van der Waals surface area contributed by atoms with Gasteiger partial charge in [0.15, 0.2) is 5.16 Å². The molecule has 0 fully saturated rings. The molecule has 0 unspecified atom stereocenters. The lowest BCUT2D eigenvalue weighted by Gasteiger charge is -2.13. The van der Waals surface area contributed by atoms with Crippen LogP contribution in [0.4, 0.5) is 4.39 Å².